The highest BCUT2D eigenvalue weighted by Crippen LogP contribution is 2.12. The number of imidazole rings is 1. The van der Waals surface area contributed by atoms with E-state index in [1.165, 1.54) is 0 Å². The first-order valence-electron chi connectivity index (χ1n) is 5.45. The van der Waals surface area contributed by atoms with Gasteiger partial charge in [0.25, 0.3) is 0 Å². The van der Waals surface area contributed by atoms with Crippen molar-refractivity contribution < 1.29 is 0 Å². The Morgan fingerprint density at radius 3 is 2.88 bits per heavy atom. The molecule has 0 radical (unpaired) electrons. The number of aromatic nitrogens is 4. The van der Waals surface area contributed by atoms with E-state index in [9.17, 15) is 0 Å². The maximum atomic E-state index is 6.01. The molecule has 16 heavy (non-hydrogen) atoms. The number of nitrogens with zero attached hydrogens (tertiary/aromatic N) is 3. The number of nitrogens with two attached hydrogens (primary N) is 1. The van der Waals surface area contributed by atoms with Crippen molar-refractivity contribution in [2.75, 3.05) is 0 Å². The van der Waals surface area contributed by atoms with Gasteiger partial charge in [-0.3, -0.25) is 4.68 Å². The van der Waals surface area contributed by atoms with Gasteiger partial charge in [-0.15, -0.1) is 0 Å². The van der Waals surface area contributed by atoms with Crippen LogP contribution in [0.15, 0.2) is 24.7 Å². The van der Waals surface area contributed by atoms with Crippen molar-refractivity contribution in [1.82, 2.24) is 19.7 Å². The molecule has 3 N–H and O–H groups in total. The van der Waals surface area contributed by atoms with Gasteiger partial charge in [-0.2, -0.15) is 5.10 Å². The third-order valence-electron chi connectivity index (χ3n) is 2.49. The van der Waals surface area contributed by atoms with Crippen molar-refractivity contribution in [2.24, 2.45) is 5.73 Å². The summed E-state index contributed by atoms with van der Waals surface area (Å²) in [6.45, 7) is 4.20. The summed E-state index contributed by atoms with van der Waals surface area (Å²) in [7, 11) is 0. The van der Waals surface area contributed by atoms with Crippen LogP contribution >= 0.6 is 0 Å². The lowest BCUT2D eigenvalue weighted by Crippen LogP contribution is -2.15. The quantitative estimate of drug-likeness (QED) is 0.817. The summed E-state index contributed by atoms with van der Waals surface area (Å²) >= 11 is 0. The monoisotopic (exact) mass is 219 g/mol. The number of hydrogen-bond acceptors (Lipinski definition) is 3. The second-order valence-corrected chi connectivity index (χ2v) is 4.17. The van der Waals surface area contributed by atoms with Crippen molar-refractivity contribution in [3.05, 3.63) is 36.2 Å². The lowest BCUT2D eigenvalue weighted by Gasteiger charge is -2.07. The van der Waals surface area contributed by atoms with Gasteiger partial charge in [0.2, 0.25) is 0 Å². The average Bonchev–Trinajstić information content (AvgIpc) is 2.87. The standard InChI is InChI=1S/C11H17N5/c1-8(2)16-6-3-9(15-16)7-10(12)11-13-4-5-14-11/h3-6,8,10H,7,12H2,1-2H3,(H,13,14). The van der Waals surface area contributed by atoms with Gasteiger partial charge in [0.1, 0.15) is 5.82 Å². The molecule has 0 saturated heterocycles. The molecule has 0 aromatic carbocycles. The Morgan fingerprint density at radius 1 is 1.50 bits per heavy atom. The molecule has 0 aliphatic heterocycles. The molecule has 0 bridgehead atoms. The van der Waals surface area contributed by atoms with E-state index in [0.29, 0.717) is 12.5 Å². The highest BCUT2D eigenvalue weighted by atomic mass is 15.3. The minimum atomic E-state index is -0.120. The van der Waals surface area contributed by atoms with Crippen molar-refractivity contribution >= 4 is 0 Å². The zero-order valence-corrected chi connectivity index (χ0v) is 9.59. The molecule has 1 atom stereocenters. The van der Waals surface area contributed by atoms with Crippen LogP contribution in [0.1, 0.15) is 37.4 Å². The second-order valence-electron chi connectivity index (χ2n) is 4.17. The lowest BCUT2D eigenvalue weighted by atomic mass is 10.1. The van der Waals surface area contributed by atoms with E-state index in [1.54, 1.807) is 12.4 Å². The molecule has 2 rings (SSSR count). The zero-order valence-electron chi connectivity index (χ0n) is 9.59. The van der Waals surface area contributed by atoms with E-state index in [1.807, 2.05) is 16.9 Å². The van der Waals surface area contributed by atoms with Crippen LogP contribution in [0, 0.1) is 0 Å². The van der Waals surface area contributed by atoms with Gasteiger partial charge in [0.15, 0.2) is 0 Å². The number of rotatable bonds is 4. The predicted molar refractivity (Wildman–Crippen MR) is 61.8 cm³/mol. The Labute approximate surface area is 94.7 Å². The van der Waals surface area contributed by atoms with Crippen LogP contribution in [0.25, 0.3) is 0 Å². The van der Waals surface area contributed by atoms with Crippen LogP contribution in [0.3, 0.4) is 0 Å². The fourth-order valence-electron chi connectivity index (χ4n) is 1.58. The molecule has 0 amide bonds. The highest BCUT2D eigenvalue weighted by molar-refractivity contribution is 5.06. The SMILES string of the molecule is CC(C)n1ccc(CC(N)c2ncc[nH]2)n1. The molecule has 0 spiro atoms. The van der Waals surface area contributed by atoms with E-state index < -0.39 is 0 Å². The molecular formula is C11H17N5. The second kappa shape index (κ2) is 4.49. The molecular weight excluding hydrogens is 202 g/mol. The van der Waals surface area contributed by atoms with Gasteiger partial charge >= 0.3 is 0 Å². The molecule has 86 valence electrons. The van der Waals surface area contributed by atoms with Gasteiger partial charge in [-0.1, -0.05) is 0 Å². The minimum absolute atomic E-state index is 0.120. The van der Waals surface area contributed by atoms with Crippen LogP contribution in [-0.2, 0) is 6.42 Å². The number of hydrogen-bond donors (Lipinski definition) is 2. The van der Waals surface area contributed by atoms with Gasteiger partial charge in [-0.05, 0) is 19.9 Å². The Kier molecular flexibility index (Phi) is 3.05. The molecule has 2 aromatic rings. The first kappa shape index (κ1) is 10.9. The number of H-pyrrole nitrogens is 1. The molecule has 0 aliphatic rings. The van der Waals surface area contributed by atoms with E-state index in [0.717, 1.165) is 11.5 Å². The summed E-state index contributed by atoms with van der Waals surface area (Å²) in [5.41, 5.74) is 7.01. The fraction of sp³-hybridized carbons (Fsp3) is 0.455. The Morgan fingerprint density at radius 2 is 2.31 bits per heavy atom. The van der Waals surface area contributed by atoms with Crippen molar-refractivity contribution in [1.29, 1.82) is 0 Å². The molecule has 5 nitrogen and oxygen atoms in total. The molecule has 0 aliphatic carbocycles. The number of nitrogens with one attached hydrogen (secondary N) is 1. The van der Waals surface area contributed by atoms with Crippen LogP contribution in [0.4, 0.5) is 0 Å². The van der Waals surface area contributed by atoms with Crippen LogP contribution < -0.4 is 5.73 Å². The largest absolute Gasteiger partial charge is 0.347 e. The van der Waals surface area contributed by atoms with Crippen molar-refractivity contribution in [3.63, 3.8) is 0 Å². The van der Waals surface area contributed by atoms with E-state index in [-0.39, 0.29) is 6.04 Å². The lowest BCUT2D eigenvalue weighted by molar-refractivity contribution is 0.521. The van der Waals surface area contributed by atoms with E-state index in [2.05, 4.69) is 28.9 Å². The average molecular weight is 219 g/mol. The summed E-state index contributed by atoms with van der Waals surface area (Å²) in [6.07, 6.45) is 6.17. The smallest absolute Gasteiger partial charge is 0.123 e. The predicted octanol–water partition coefficient (Wildman–Crippen LogP) is 1.43. The molecule has 2 aromatic heterocycles. The van der Waals surface area contributed by atoms with Crippen molar-refractivity contribution in [3.8, 4) is 0 Å². The van der Waals surface area contributed by atoms with Gasteiger partial charge in [0.05, 0.1) is 11.7 Å². The Hall–Kier alpha value is -1.62. The maximum Gasteiger partial charge on any atom is 0.123 e. The van der Waals surface area contributed by atoms with E-state index >= 15 is 0 Å². The summed E-state index contributed by atoms with van der Waals surface area (Å²) in [6, 6.07) is 2.27. The summed E-state index contributed by atoms with van der Waals surface area (Å²) in [5, 5.41) is 4.45. The third kappa shape index (κ3) is 2.30. The van der Waals surface area contributed by atoms with Crippen LogP contribution in [0.2, 0.25) is 0 Å². The van der Waals surface area contributed by atoms with Crippen molar-refractivity contribution in [2.45, 2.75) is 32.4 Å². The molecule has 5 heteroatoms. The normalized spacial score (nSPS) is 13.2. The van der Waals surface area contributed by atoms with Gasteiger partial charge in [-0.25, -0.2) is 4.98 Å². The molecule has 1 unspecified atom stereocenters. The van der Waals surface area contributed by atoms with Gasteiger partial charge in [0, 0.05) is 31.1 Å². The minimum Gasteiger partial charge on any atom is -0.347 e. The first-order valence-corrected chi connectivity index (χ1v) is 5.45. The molecule has 2 heterocycles. The molecule has 0 saturated carbocycles. The highest BCUT2D eigenvalue weighted by Gasteiger charge is 2.11. The zero-order chi connectivity index (χ0) is 11.5. The Bertz CT molecular complexity index is 429. The van der Waals surface area contributed by atoms with Crippen LogP contribution in [0.5, 0.6) is 0 Å². The topological polar surface area (TPSA) is 72.5 Å². The van der Waals surface area contributed by atoms with Gasteiger partial charge < -0.3 is 10.7 Å². The fourth-order valence-corrected chi connectivity index (χ4v) is 1.58. The van der Waals surface area contributed by atoms with Crippen LogP contribution in [-0.4, -0.2) is 19.7 Å². The Balaban J connectivity index is 2.03. The first-order chi connectivity index (χ1) is 7.66. The summed E-state index contributed by atoms with van der Waals surface area (Å²) in [4.78, 5) is 7.16. The van der Waals surface area contributed by atoms with E-state index in [4.69, 9.17) is 5.73 Å². The number of aromatic amines is 1. The summed E-state index contributed by atoms with van der Waals surface area (Å²) < 4.78 is 1.93. The summed E-state index contributed by atoms with van der Waals surface area (Å²) in [5.74, 6) is 0.805. The molecule has 0 fully saturated rings. The third-order valence-corrected chi connectivity index (χ3v) is 2.49. The maximum absolute atomic E-state index is 6.01.